The number of anilines is 1. The number of nitrogens with one attached hydrogen (secondary N) is 1. The van der Waals surface area contributed by atoms with Crippen molar-refractivity contribution in [3.63, 3.8) is 0 Å². The Bertz CT molecular complexity index is 689. The maximum Gasteiger partial charge on any atom is 0.273 e. The molecule has 18 heavy (non-hydrogen) atoms. The van der Waals surface area contributed by atoms with Crippen molar-refractivity contribution in [3.8, 4) is 0 Å². The zero-order valence-corrected chi connectivity index (χ0v) is 13.1. The smallest absolute Gasteiger partial charge is 0.261 e. The van der Waals surface area contributed by atoms with Crippen LogP contribution in [0.5, 0.6) is 0 Å². The van der Waals surface area contributed by atoms with Crippen LogP contribution in [0.4, 0.5) is 5.82 Å². The maximum atomic E-state index is 12.1. The Morgan fingerprint density at radius 3 is 2.67 bits per heavy atom. The quantitative estimate of drug-likeness (QED) is 0.817. The molecule has 5 nitrogen and oxygen atoms in total. The van der Waals surface area contributed by atoms with Crippen LogP contribution in [-0.2, 0) is 10.0 Å². The molecular formula is C8H4BrCl2N3O2S2. The fourth-order valence-corrected chi connectivity index (χ4v) is 4.76. The lowest BCUT2D eigenvalue weighted by Crippen LogP contribution is -2.13. The Morgan fingerprint density at radius 1 is 1.33 bits per heavy atom. The van der Waals surface area contributed by atoms with Crippen LogP contribution in [0.15, 0.2) is 26.5 Å². The van der Waals surface area contributed by atoms with Crippen LogP contribution in [0.3, 0.4) is 0 Å². The van der Waals surface area contributed by atoms with E-state index in [0.717, 1.165) is 17.7 Å². The SMILES string of the molecule is O=S(=O)(Nc1ncnc(Cl)c1Cl)c1sccc1Br. The summed E-state index contributed by atoms with van der Waals surface area (Å²) in [6.45, 7) is 0. The molecule has 0 fully saturated rings. The van der Waals surface area contributed by atoms with Crippen molar-refractivity contribution in [2.24, 2.45) is 0 Å². The Labute approximate surface area is 125 Å². The Morgan fingerprint density at radius 2 is 2.06 bits per heavy atom. The van der Waals surface area contributed by atoms with Gasteiger partial charge in [-0.1, -0.05) is 23.2 Å². The van der Waals surface area contributed by atoms with E-state index < -0.39 is 10.0 Å². The second-order valence-electron chi connectivity index (χ2n) is 2.99. The monoisotopic (exact) mass is 387 g/mol. The first-order chi connectivity index (χ1) is 8.42. The molecule has 0 spiro atoms. The topological polar surface area (TPSA) is 72.0 Å². The van der Waals surface area contributed by atoms with Gasteiger partial charge in [0.25, 0.3) is 10.0 Å². The minimum atomic E-state index is -3.75. The first-order valence-corrected chi connectivity index (χ1v) is 8.25. The summed E-state index contributed by atoms with van der Waals surface area (Å²) >= 11 is 15.7. The highest BCUT2D eigenvalue weighted by molar-refractivity contribution is 9.10. The number of hydrogen-bond donors (Lipinski definition) is 1. The average Bonchev–Trinajstić information content (AvgIpc) is 2.72. The molecule has 2 aromatic rings. The van der Waals surface area contributed by atoms with Gasteiger partial charge < -0.3 is 0 Å². The van der Waals surface area contributed by atoms with E-state index in [1.54, 1.807) is 11.4 Å². The van der Waals surface area contributed by atoms with Crippen LogP contribution in [0, 0.1) is 0 Å². The van der Waals surface area contributed by atoms with Crippen LogP contribution >= 0.6 is 50.5 Å². The highest BCUT2D eigenvalue weighted by Gasteiger charge is 2.21. The normalized spacial score (nSPS) is 11.5. The number of thiophene rings is 1. The third-order valence-electron chi connectivity index (χ3n) is 1.81. The molecule has 0 unspecified atom stereocenters. The van der Waals surface area contributed by atoms with Gasteiger partial charge in [-0.3, -0.25) is 4.72 Å². The van der Waals surface area contributed by atoms with Crippen molar-refractivity contribution in [1.82, 2.24) is 9.97 Å². The summed E-state index contributed by atoms with van der Waals surface area (Å²) < 4.78 is 27.0. The maximum absolute atomic E-state index is 12.1. The minimum absolute atomic E-state index is 0.0189. The van der Waals surface area contributed by atoms with E-state index in [9.17, 15) is 8.42 Å². The second-order valence-corrected chi connectivity index (χ2v) is 7.37. The molecule has 0 radical (unpaired) electrons. The average molecular weight is 389 g/mol. The summed E-state index contributed by atoms with van der Waals surface area (Å²) in [4.78, 5) is 7.37. The molecule has 96 valence electrons. The highest BCUT2D eigenvalue weighted by Crippen LogP contribution is 2.31. The van der Waals surface area contributed by atoms with Crippen molar-refractivity contribution in [2.75, 3.05) is 4.72 Å². The first-order valence-electron chi connectivity index (χ1n) is 4.33. The lowest BCUT2D eigenvalue weighted by atomic mass is 10.6. The molecule has 0 aliphatic heterocycles. The van der Waals surface area contributed by atoms with Gasteiger partial charge in [0.1, 0.15) is 11.3 Å². The Balaban J connectivity index is 2.40. The first kappa shape index (κ1) is 14.0. The van der Waals surface area contributed by atoms with Crippen LogP contribution < -0.4 is 4.72 Å². The van der Waals surface area contributed by atoms with E-state index in [1.807, 2.05) is 0 Å². The van der Waals surface area contributed by atoms with Gasteiger partial charge in [-0.2, -0.15) is 0 Å². The van der Waals surface area contributed by atoms with Crippen LogP contribution in [0.2, 0.25) is 10.2 Å². The number of hydrogen-bond acceptors (Lipinski definition) is 5. The lowest BCUT2D eigenvalue weighted by Gasteiger charge is -2.07. The van der Waals surface area contributed by atoms with Crippen molar-refractivity contribution in [3.05, 3.63) is 32.4 Å². The number of aromatic nitrogens is 2. The van der Waals surface area contributed by atoms with Gasteiger partial charge in [0.15, 0.2) is 15.2 Å². The van der Waals surface area contributed by atoms with Gasteiger partial charge in [0.2, 0.25) is 0 Å². The molecule has 0 aliphatic rings. The number of rotatable bonds is 3. The summed E-state index contributed by atoms with van der Waals surface area (Å²) in [7, 11) is -3.75. The van der Waals surface area contributed by atoms with Gasteiger partial charge in [0.05, 0.1) is 0 Å². The van der Waals surface area contributed by atoms with Crippen LogP contribution in [-0.4, -0.2) is 18.4 Å². The third kappa shape index (κ3) is 2.77. The second kappa shape index (κ2) is 5.30. The van der Waals surface area contributed by atoms with Crippen molar-refractivity contribution >= 4 is 66.3 Å². The van der Waals surface area contributed by atoms with Crippen molar-refractivity contribution < 1.29 is 8.42 Å². The standard InChI is InChI=1S/C8H4BrCl2N3O2S2/c9-4-1-2-17-8(4)18(15,16)14-7-5(10)6(11)12-3-13-7/h1-3H,(H,12,13,14). The Hall–Kier alpha value is -0.410. The van der Waals surface area contributed by atoms with Gasteiger partial charge in [0, 0.05) is 4.47 Å². The predicted molar refractivity (Wildman–Crippen MR) is 74.9 cm³/mol. The minimum Gasteiger partial charge on any atom is -0.261 e. The molecule has 0 saturated heterocycles. The van der Waals surface area contributed by atoms with Gasteiger partial charge in [-0.15, -0.1) is 11.3 Å². The van der Waals surface area contributed by atoms with Gasteiger partial charge in [-0.05, 0) is 27.4 Å². The van der Waals surface area contributed by atoms with Gasteiger partial charge >= 0.3 is 0 Å². The zero-order valence-electron chi connectivity index (χ0n) is 8.39. The fourth-order valence-electron chi connectivity index (χ4n) is 1.06. The lowest BCUT2D eigenvalue weighted by molar-refractivity contribution is 0.602. The Kier molecular flexibility index (Phi) is 4.12. The fraction of sp³-hybridized carbons (Fsp3) is 0. The molecule has 0 atom stereocenters. The molecule has 0 amide bonds. The molecule has 2 rings (SSSR count). The molecule has 0 aliphatic carbocycles. The van der Waals surface area contributed by atoms with Crippen LogP contribution in [0.1, 0.15) is 0 Å². The molecule has 2 aromatic heterocycles. The molecular weight excluding hydrogens is 385 g/mol. The number of sulfonamides is 1. The zero-order chi connectivity index (χ0) is 13.3. The van der Waals surface area contributed by atoms with E-state index in [-0.39, 0.29) is 20.2 Å². The molecule has 2 heterocycles. The highest BCUT2D eigenvalue weighted by atomic mass is 79.9. The summed E-state index contributed by atoms with van der Waals surface area (Å²) in [5.41, 5.74) is 0. The van der Waals surface area contributed by atoms with Gasteiger partial charge in [-0.25, -0.2) is 18.4 Å². The van der Waals surface area contributed by atoms with Crippen molar-refractivity contribution in [2.45, 2.75) is 4.21 Å². The molecule has 1 N–H and O–H groups in total. The summed E-state index contributed by atoms with van der Waals surface area (Å²) in [6, 6.07) is 1.63. The predicted octanol–water partition coefficient (Wildman–Crippen LogP) is 3.41. The third-order valence-corrected chi connectivity index (χ3v) is 6.56. The summed E-state index contributed by atoms with van der Waals surface area (Å²) in [5, 5.41) is 1.58. The summed E-state index contributed by atoms with van der Waals surface area (Å²) in [5.74, 6) is -0.0584. The molecule has 10 heteroatoms. The molecule has 0 bridgehead atoms. The van der Waals surface area contributed by atoms with E-state index in [1.165, 1.54) is 0 Å². The van der Waals surface area contributed by atoms with E-state index >= 15 is 0 Å². The van der Waals surface area contributed by atoms with E-state index in [2.05, 4.69) is 30.6 Å². The van der Waals surface area contributed by atoms with E-state index in [4.69, 9.17) is 23.2 Å². The van der Waals surface area contributed by atoms with Crippen molar-refractivity contribution in [1.29, 1.82) is 0 Å². The largest absolute Gasteiger partial charge is 0.273 e. The molecule has 0 saturated carbocycles. The van der Waals surface area contributed by atoms with Crippen LogP contribution in [0.25, 0.3) is 0 Å². The van der Waals surface area contributed by atoms with E-state index in [0.29, 0.717) is 4.47 Å². The molecule has 0 aromatic carbocycles. The number of halogens is 3. The number of nitrogens with zero attached hydrogens (tertiary/aromatic N) is 2. The summed E-state index contributed by atoms with van der Waals surface area (Å²) in [6.07, 6.45) is 1.12.